The van der Waals surface area contributed by atoms with Gasteiger partial charge in [-0.05, 0) is 62.7 Å². The predicted octanol–water partition coefficient (Wildman–Crippen LogP) is 4.08. The number of carbonyl (C=O) groups excluding carboxylic acids is 3. The Bertz CT molecular complexity index is 1270. The first-order valence-corrected chi connectivity index (χ1v) is 10.1. The van der Waals surface area contributed by atoms with E-state index >= 15 is 0 Å². The average molecular weight is 429 g/mol. The molecule has 2 heterocycles. The highest BCUT2D eigenvalue weighted by Crippen LogP contribution is 2.31. The third-order valence-corrected chi connectivity index (χ3v) is 5.49. The van der Waals surface area contributed by atoms with Crippen molar-refractivity contribution in [2.45, 2.75) is 20.8 Å². The van der Waals surface area contributed by atoms with Gasteiger partial charge in [0.15, 0.2) is 0 Å². The normalized spacial score (nSPS) is 15.3. The third kappa shape index (κ3) is 3.58. The lowest BCUT2D eigenvalue weighted by atomic mass is 10.1. The summed E-state index contributed by atoms with van der Waals surface area (Å²) in [6, 6.07) is 15.8. The SMILES string of the molecule is COc1ccccc1N1C(=O)NC(=O)C(=Cc2cc(C)n(-c3ccc(C)cc3)c2C)C1=O. The van der Waals surface area contributed by atoms with E-state index in [1.807, 2.05) is 51.1 Å². The van der Waals surface area contributed by atoms with Gasteiger partial charge in [0.05, 0.1) is 12.8 Å². The molecule has 32 heavy (non-hydrogen) atoms. The second kappa shape index (κ2) is 8.19. The molecule has 0 bridgehead atoms. The summed E-state index contributed by atoms with van der Waals surface area (Å²) in [6.45, 7) is 5.91. The highest BCUT2D eigenvalue weighted by Gasteiger charge is 2.38. The minimum Gasteiger partial charge on any atom is -0.495 e. The number of para-hydroxylation sites is 2. The number of hydrogen-bond donors (Lipinski definition) is 1. The van der Waals surface area contributed by atoms with Gasteiger partial charge in [0.25, 0.3) is 11.8 Å². The Balaban J connectivity index is 1.77. The molecule has 1 N–H and O–H groups in total. The molecule has 1 aromatic heterocycles. The summed E-state index contributed by atoms with van der Waals surface area (Å²) >= 11 is 0. The maximum atomic E-state index is 13.2. The summed E-state index contributed by atoms with van der Waals surface area (Å²) in [6.07, 6.45) is 1.53. The molecule has 7 heteroatoms. The van der Waals surface area contributed by atoms with Gasteiger partial charge in [-0.25, -0.2) is 9.69 Å². The first-order chi connectivity index (χ1) is 15.3. The first-order valence-electron chi connectivity index (χ1n) is 10.1. The van der Waals surface area contributed by atoms with Crippen LogP contribution in [0.3, 0.4) is 0 Å². The lowest BCUT2D eigenvalue weighted by Crippen LogP contribution is -2.54. The van der Waals surface area contributed by atoms with E-state index in [0.29, 0.717) is 5.75 Å². The van der Waals surface area contributed by atoms with Crippen molar-refractivity contribution in [2.24, 2.45) is 0 Å². The lowest BCUT2D eigenvalue weighted by Gasteiger charge is -2.27. The number of anilines is 1. The number of nitrogens with one attached hydrogen (secondary N) is 1. The van der Waals surface area contributed by atoms with Gasteiger partial charge in [-0.1, -0.05) is 29.8 Å². The summed E-state index contributed by atoms with van der Waals surface area (Å²) < 4.78 is 7.35. The Morgan fingerprint density at radius 1 is 0.938 bits per heavy atom. The van der Waals surface area contributed by atoms with Crippen LogP contribution in [0, 0.1) is 20.8 Å². The number of methoxy groups -OCH3 is 1. The van der Waals surface area contributed by atoms with Crippen molar-refractivity contribution in [3.05, 3.63) is 82.7 Å². The number of hydrogen-bond acceptors (Lipinski definition) is 4. The van der Waals surface area contributed by atoms with Crippen LogP contribution in [0.2, 0.25) is 0 Å². The molecule has 7 nitrogen and oxygen atoms in total. The largest absolute Gasteiger partial charge is 0.495 e. The number of benzene rings is 2. The molecule has 162 valence electrons. The van der Waals surface area contributed by atoms with Crippen LogP contribution >= 0.6 is 0 Å². The minimum atomic E-state index is -0.813. The fourth-order valence-corrected chi connectivity index (χ4v) is 3.87. The van der Waals surface area contributed by atoms with E-state index in [9.17, 15) is 14.4 Å². The topological polar surface area (TPSA) is 80.6 Å². The summed E-state index contributed by atoms with van der Waals surface area (Å²) in [5.41, 5.74) is 4.83. The minimum absolute atomic E-state index is 0.125. The quantitative estimate of drug-likeness (QED) is 0.501. The smallest absolute Gasteiger partial charge is 0.336 e. The molecular formula is C25H23N3O4. The van der Waals surface area contributed by atoms with E-state index in [0.717, 1.165) is 33.1 Å². The van der Waals surface area contributed by atoms with Crippen molar-refractivity contribution in [3.63, 3.8) is 0 Å². The van der Waals surface area contributed by atoms with Gasteiger partial charge in [-0.15, -0.1) is 0 Å². The Morgan fingerprint density at radius 2 is 1.62 bits per heavy atom. The monoisotopic (exact) mass is 429 g/mol. The van der Waals surface area contributed by atoms with Crippen LogP contribution in [0.5, 0.6) is 5.75 Å². The molecular weight excluding hydrogens is 406 g/mol. The molecule has 0 spiro atoms. The highest BCUT2D eigenvalue weighted by atomic mass is 16.5. The van der Waals surface area contributed by atoms with Crippen molar-refractivity contribution >= 4 is 29.6 Å². The Hall–Kier alpha value is -4.13. The number of barbiturate groups is 1. The van der Waals surface area contributed by atoms with E-state index in [2.05, 4.69) is 9.88 Å². The molecule has 1 fully saturated rings. The molecule has 4 rings (SSSR count). The van der Waals surface area contributed by atoms with Gasteiger partial charge >= 0.3 is 6.03 Å². The Morgan fingerprint density at radius 3 is 2.31 bits per heavy atom. The standard InChI is InChI=1S/C25H23N3O4/c1-15-9-11-19(12-10-15)27-16(2)13-18(17(27)3)14-20-23(29)26-25(31)28(24(20)30)21-7-5-6-8-22(21)32-4/h5-14H,1-4H3,(H,26,29,31). The first kappa shape index (κ1) is 21.1. The van der Waals surface area contributed by atoms with Gasteiger partial charge in [-0.3, -0.25) is 14.9 Å². The molecule has 0 saturated carbocycles. The van der Waals surface area contributed by atoms with Crippen LogP contribution in [-0.2, 0) is 9.59 Å². The van der Waals surface area contributed by atoms with E-state index in [-0.39, 0.29) is 11.3 Å². The fourth-order valence-electron chi connectivity index (χ4n) is 3.87. The van der Waals surface area contributed by atoms with Crippen LogP contribution in [0.4, 0.5) is 10.5 Å². The molecule has 1 aliphatic heterocycles. The van der Waals surface area contributed by atoms with Crippen LogP contribution < -0.4 is 15.0 Å². The van der Waals surface area contributed by atoms with Crippen molar-refractivity contribution < 1.29 is 19.1 Å². The summed E-state index contributed by atoms with van der Waals surface area (Å²) in [5.74, 6) is -1.09. The molecule has 0 unspecified atom stereocenters. The number of imide groups is 2. The number of urea groups is 1. The van der Waals surface area contributed by atoms with E-state index in [1.54, 1.807) is 24.3 Å². The number of rotatable bonds is 4. The molecule has 3 aromatic rings. The van der Waals surface area contributed by atoms with Crippen molar-refractivity contribution in [1.29, 1.82) is 0 Å². The number of ether oxygens (including phenoxy) is 1. The van der Waals surface area contributed by atoms with Crippen LogP contribution in [0.15, 0.2) is 60.2 Å². The van der Waals surface area contributed by atoms with Crippen LogP contribution in [0.1, 0.15) is 22.5 Å². The van der Waals surface area contributed by atoms with E-state index < -0.39 is 17.8 Å². The van der Waals surface area contributed by atoms with Crippen LogP contribution in [0.25, 0.3) is 11.8 Å². The molecule has 0 radical (unpaired) electrons. The maximum absolute atomic E-state index is 13.2. The Kier molecular flexibility index (Phi) is 5.40. The van der Waals surface area contributed by atoms with Crippen molar-refractivity contribution in [1.82, 2.24) is 9.88 Å². The second-order valence-corrected chi connectivity index (χ2v) is 7.63. The van der Waals surface area contributed by atoms with Gasteiger partial charge in [0.1, 0.15) is 11.3 Å². The van der Waals surface area contributed by atoms with Gasteiger partial charge in [0.2, 0.25) is 0 Å². The van der Waals surface area contributed by atoms with E-state index in [1.165, 1.54) is 13.2 Å². The molecule has 0 aliphatic carbocycles. The zero-order chi connectivity index (χ0) is 23.0. The molecule has 0 atom stereocenters. The molecule has 1 aliphatic rings. The van der Waals surface area contributed by atoms with Crippen molar-refractivity contribution in [3.8, 4) is 11.4 Å². The lowest BCUT2D eigenvalue weighted by molar-refractivity contribution is -0.122. The summed E-state index contributed by atoms with van der Waals surface area (Å²) in [5, 5.41) is 2.26. The fraction of sp³-hybridized carbons (Fsp3) is 0.160. The summed E-state index contributed by atoms with van der Waals surface area (Å²) in [4.78, 5) is 39.2. The average Bonchev–Trinajstić information content (AvgIpc) is 3.05. The summed E-state index contributed by atoms with van der Waals surface area (Å²) in [7, 11) is 1.45. The second-order valence-electron chi connectivity index (χ2n) is 7.63. The predicted molar refractivity (Wildman–Crippen MR) is 122 cm³/mol. The molecule has 1 saturated heterocycles. The van der Waals surface area contributed by atoms with Crippen LogP contribution in [-0.4, -0.2) is 29.5 Å². The maximum Gasteiger partial charge on any atom is 0.336 e. The number of aryl methyl sites for hydroxylation is 2. The van der Waals surface area contributed by atoms with Gasteiger partial charge < -0.3 is 9.30 Å². The van der Waals surface area contributed by atoms with E-state index in [4.69, 9.17) is 4.74 Å². The number of amides is 4. The Labute approximate surface area is 185 Å². The number of carbonyl (C=O) groups is 3. The zero-order valence-electron chi connectivity index (χ0n) is 18.3. The molecule has 2 aromatic carbocycles. The van der Waals surface area contributed by atoms with Gasteiger partial charge in [0, 0.05) is 17.1 Å². The number of nitrogens with zero attached hydrogens (tertiary/aromatic N) is 2. The highest BCUT2D eigenvalue weighted by molar-refractivity contribution is 6.39. The molecule has 4 amide bonds. The van der Waals surface area contributed by atoms with Gasteiger partial charge in [-0.2, -0.15) is 0 Å². The zero-order valence-corrected chi connectivity index (χ0v) is 18.3. The van der Waals surface area contributed by atoms with Crippen molar-refractivity contribution in [2.75, 3.05) is 12.0 Å². The number of aromatic nitrogens is 1. The third-order valence-electron chi connectivity index (χ3n) is 5.49.